The van der Waals surface area contributed by atoms with Crippen molar-refractivity contribution in [3.63, 3.8) is 0 Å². The second-order valence-corrected chi connectivity index (χ2v) is 12.9. The Kier molecular flexibility index (Phi) is 7.46. The number of ketones is 1. The normalized spacial score (nSPS) is 20.0. The molecule has 1 aliphatic heterocycles. The van der Waals surface area contributed by atoms with Crippen LogP contribution in [0.5, 0.6) is 5.75 Å². The van der Waals surface area contributed by atoms with Crippen molar-refractivity contribution >= 4 is 52.7 Å². The van der Waals surface area contributed by atoms with Crippen LogP contribution in [0.25, 0.3) is 0 Å². The van der Waals surface area contributed by atoms with Crippen LogP contribution in [0.15, 0.2) is 114 Å². The summed E-state index contributed by atoms with van der Waals surface area (Å²) < 4.78 is 10.4. The number of carbonyl (C=O) groups is 5. The average molecular weight is 692 g/mol. The number of halogens is 2. The highest BCUT2D eigenvalue weighted by Crippen LogP contribution is 2.61. The van der Waals surface area contributed by atoms with Gasteiger partial charge < -0.3 is 9.15 Å². The number of rotatable bonds is 7. The number of benzene rings is 4. The number of amides is 3. The fourth-order valence-corrected chi connectivity index (χ4v) is 7.91. The highest BCUT2D eigenvalue weighted by atomic mass is 35.5. The van der Waals surface area contributed by atoms with Gasteiger partial charge in [0.05, 0.1) is 28.7 Å². The third-order valence-corrected chi connectivity index (χ3v) is 10.0. The van der Waals surface area contributed by atoms with E-state index in [1.54, 1.807) is 6.07 Å². The van der Waals surface area contributed by atoms with E-state index in [1.807, 2.05) is 48.5 Å². The van der Waals surface area contributed by atoms with Gasteiger partial charge in [0.25, 0.3) is 17.7 Å². The number of imide groups is 1. The first-order valence-electron chi connectivity index (χ1n) is 15.4. The molecular weight excluding hydrogens is 667 g/mol. The molecule has 0 N–H and O–H groups in total. The molecule has 0 unspecified atom stereocenters. The molecule has 0 saturated carbocycles. The van der Waals surface area contributed by atoms with E-state index in [0.717, 1.165) is 32.3 Å². The van der Waals surface area contributed by atoms with Crippen molar-refractivity contribution in [2.75, 3.05) is 6.54 Å². The summed E-state index contributed by atoms with van der Waals surface area (Å²) in [5.41, 5.74) is 3.99. The summed E-state index contributed by atoms with van der Waals surface area (Å²) in [5.74, 6) is -5.47. The van der Waals surface area contributed by atoms with E-state index in [2.05, 4.69) is 0 Å². The van der Waals surface area contributed by atoms with Gasteiger partial charge in [0.15, 0.2) is 5.78 Å². The van der Waals surface area contributed by atoms with Gasteiger partial charge in [-0.1, -0.05) is 71.7 Å². The van der Waals surface area contributed by atoms with E-state index in [9.17, 15) is 24.0 Å². The SMILES string of the molecule is O=C(CN(C(=O)c1ccc(Cl)cc1Cl)N1C(=O)[C@H]2C3c4ccccc4C(c4ccccc43)[C@@H]2C1=O)c1ccc(OC(=O)c2ccco2)cc1. The second-order valence-electron chi connectivity index (χ2n) is 12.1. The number of hydrogen-bond donors (Lipinski definition) is 0. The zero-order valence-electron chi connectivity index (χ0n) is 25.4. The number of nitrogens with zero attached hydrogens (tertiary/aromatic N) is 2. The molecule has 1 saturated heterocycles. The molecule has 3 aliphatic carbocycles. The van der Waals surface area contributed by atoms with Crippen molar-refractivity contribution < 1.29 is 33.1 Å². The number of hydrazine groups is 1. The van der Waals surface area contributed by atoms with Crippen molar-refractivity contribution in [2.24, 2.45) is 11.8 Å². The van der Waals surface area contributed by atoms with Gasteiger partial charge in [-0.2, -0.15) is 5.01 Å². The molecule has 9 rings (SSSR count). The molecule has 2 heterocycles. The Morgan fingerprint density at radius 2 is 1.31 bits per heavy atom. The van der Waals surface area contributed by atoms with Gasteiger partial charge in [-0.25, -0.2) is 9.80 Å². The summed E-state index contributed by atoms with van der Waals surface area (Å²) in [6.07, 6.45) is 1.34. The molecule has 0 radical (unpaired) electrons. The lowest BCUT2D eigenvalue weighted by molar-refractivity contribution is -0.154. The summed E-state index contributed by atoms with van der Waals surface area (Å²) in [6, 6.07) is 28.5. The molecule has 2 atom stereocenters. The molecular formula is C38H24Cl2N2O7. The molecule has 4 aromatic carbocycles. The lowest BCUT2D eigenvalue weighted by atomic mass is 9.55. The molecule has 0 spiro atoms. The fourth-order valence-electron chi connectivity index (χ4n) is 7.42. The van der Waals surface area contributed by atoms with Gasteiger partial charge in [0.1, 0.15) is 12.3 Å². The predicted molar refractivity (Wildman–Crippen MR) is 177 cm³/mol. The van der Waals surface area contributed by atoms with Crippen LogP contribution in [0.4, 0.5) is 0 Å². The molecule has 11 heteroatoms. The Balaban J connectivity index is 1.15. The summed E-state index contributed by atoms with van der Waals surface area (Å²) in [7, 11) is 0. The van der Waals surface area contributed by atoms with Gasteiger partial charge in [-0.15, -0.1) is 0 Å². The van der Waals surface area contributed by atoms with Crippen LogP contribution in [0.2, 0.25) is 10.0 Å². The van der Waals surface area contributed by atoms with Crippen LogP contribution < -0.4 is 4.74 Å². The van der Waals surface area contributed by atoms with Crippen LogP contribution in [-0.4, -0.2) is 46.0 Å². The van der Waals surface area contributed by atoms with Gasteiger partial charge >= 0.3 is 5.97 Å². The quantitative estimate of drug-likeness (QED) is 0.0787. The second kappa shape index (κ2) is 11.9. The van der Waals surface area contributed by atoms with E-state index in [4.69, 9.17) is 32.4 Å². The number of hydrogen-bond acceptors (Lipinski definition) is 7. The average Bonchev–Trinajstić information content (AvgIpc) is 3.74. The van der Waals surface area contributed by atoms with Crippen LogP contribution in [-0.2, 0) is 9.59 Å². The summed E-state index contributed by atoms with van der Waals surface area (Å²) >= 11 is 12.5. The van der Waals surface area contributed by atoms with Gasteiger partial charge in [-0.05, 0) is 76.9 Å². The van der Waals surface area contributed by atoms with Gasteiger partial charge in [-0.3, -0.25) is 19.2 Å². The molecule has 242 valence electrons. The number of esters is 1. The number of Topliss-reactive ketones (excluding diaryl/α,β-unsaturated/α-hetero) is 1. The Bertz CT molecular complexity index is 2080. The Hall–Kier alpha value is -5.51. The van der Waals surface area contributed by atoms with Crippen LogP contribution in [0.3, 0.4) is 0 Å². The van der Waals surface area contributed by atoms with Crippen molar-refractivity contribution in [3.8, 4) is 5.75 Å². The van der Waals surface area contributed by atoms with Crippen molar-refractivity contribution in [1.29, 1.82) is 0 Å². The monoisotopic (exact) mass is 690 g/mol. The Labute approximate surface area is 289 Å². The van der Waals surface area contributed by atoms with E-state index in [1.165, 1.54) is 54.8 Å². The molecule has 4 aliphatic rings. The molecule has 2 bridgehead atoms. The van der Waals surface area contributed by atoms with E-state index in [-0.39, 0.29) is 32.7 Å². The maximum atomic E-state index is 14.5. The molecule has 3 amide bonds. The maximum absolute atomic E-state index is 14.5. The zero-order valence-corrected chi connectivity index (χ0v) is 26.9. The minimum Gasteiger partial charge on any atom is -0.457 e. The standard InChI is InChI=1S/C38H24Cl2N2O7/c39-21-13-16-27(28(40)18-21)35(44)41(19-29(43)20-11-14-22(15-12-20)49-38(47)30-10-5-17-48-30)42-36(45)33-31-23-6-1-2-7-24(23)32(34(33)37(42)46)26-9-4-3-8-25(26)31/h1-18,31-34H,19H2/t31?,32?,33-,34-/m0/s1. The Morgan fingerprint density at radius 1 is 0.735 bits per heavy atom. The molecule has 1 fully saturated rings. The summed E-state index contributed by atoms with van der Waals surface area (Å²) in [5, 5.41) is 2.01. The first kappa shape index (κ1) is 30.8. The summed E-state index contributed by atoms with van der Waals surface area (Å²) in [4.78, 5) is 69.4. The topological polar surface area (TPSA) is 114 Å². The van der Waals surface area contributed by atoms with Gasteiger partial charge in [0, 0.05) is 22.4 Å². The number of furan rings is 1. The zero-order chi connectivity index (χ0) is 34.0. The van der Waals surface area contributed by atoms with Gasteiger partial charge in [0.2, 0.25) is 5.76 Å². The highest BCUT2D eigenvalue weighted by Gasteiger charge is 2.63. The molecule has 49 heavy (non-hydrogen) atoms. The lowest BCUT2D eigenvalue weighted by Crippen LogP contribution is -2.52. The number of carbonyl (C=O) groups excluding carboxylic acids is 5. The van der Waals surface area contributed by atoms with E-state index in [0.29, 0.717) is 0 Å². The first-order valence-corrected chi connectivity index (χ1v) is 16.2. The predicted octanol–water partition coefficient (Wildman–Crippen LogP) is 6.94. The third kappa shape index (κ3) is 4.96. The van der Waals surface area contributed by atoms with Crippen molar-refractivity contribution in [1.82, 2.24) is 10.0 Å². The smallest absolute Gasteiger partial charge is 0.379 e. The maximum Gasteiger partial charge on any atom is 0.379 e. The minimum atomic E-state index is -0.818. The molecule has 1 aromatic heterocycles. The van der Waals surface area contributed by atoms with Crippen molar-refractivity contribution in [3.05, 3.63) is 159 Å². The fraction of sp³-hybridized carbons (Fsp3) is 0.132. The molecule has 9 nitrogen and oxygen atoms in total. The van der Waals surface area contributed by atoms with E-state index < -0.39 is 59.7 Å². The van der Waals surface area contributed by atoms with Crippen molar-refractivity contribution in [2.45, 2.75) is 11.8 Å². The highest BCUT2D eigenvalue weighted by molar-refractivity contribution is 6.36. The first-order chi connectivity index (χ1) is 23.7. The Morgan fingerprint density at radius 3 is 1.82 bits per heavy atom. The summed E-state index contributed by atoms with van der Waals surface area (Å²) in [6.45, 7) is -0.657. The molecule has 5 aromatic rings. The largest absolute Gasteiger partial charge is 0.457 e. The van der Waals surface area contributed by atoms with Crippen LogP contribution >= 0.6 is 23.2 Å². The third-order valence-electron chi connectivity index (χ3n) is 9.47. The number of ether oxygens (including phenoxy) is 1. The van der Waals surface area contributed by atoms with Crippen LogP contribution in [0, 0.1) is 11.8 Å². The minimum absolute atomic E-state index is 0.00549. The lowest BCUT2D eigenvalue weighted by Gasteiger charge is -2.45. The van der Waals surface area contributed by atoms with E-state index >= 15 is 0 Å². The van der Waals surface area contributed by atoms with Crippen LogP contribution in [0.1, 0.15) is 65.4 Å².